The third kappa shape index (κ3) is 6.11. The van der Waals surface area contributed by atoms with Gasteiger partial charge in [-0.05, 0) is 61.7 Å². The number of rotatable bonds is 9. The number of carbonyl (C=O) groups is 1. The molecule has 0 bridgehead atoms. The molecule has 11 heteroatoms. The fourth-order valence-corrected chi connectivity index (χ4v) is 6.32. The van der Waals surface area contributed by atoms with Crippen molar-refractivity contribution in [3.63, 3.8) is 0 Å². The van der Waals surface area contributed by atoms with Gasteiger partial charge in [0.25, 0.3) is 0 Å². The lowest BCUT2D eigenvalue weighted by Gasteiger charge is -2.25. The minimum atomic E-state index is -3.87. The van der Waals surface area contributed by atoms with Gasteiger partial charge in [-0.1, -0.05) is 12.5 Å². The van der Waals surface area contributed by atoms with Gasteiger partial charge in [-0.3, -0.25) is 0 Å². The lowest BCUT2D eigenvalue weighted by molar-refractivity contribution is 0.0600. The number of nitrogens with one attached hydrogen (secondary N) is 1. The van der Waals surface area contributed by atoms with E-state index < -0.39 is 26.0 Å². The van der Waals surface area contributed by atoms with E-state index in [4.69, 9.17) is 4.74 Å². The number of nitrogens with zero attached hydrogens (tertiary/aromatic N) is 1. The Labute approximate surface area is 194 Å². The molecule has 2 aromatic rings. The number of aryl methyl sites for hydroxylation is 1. The van der Waals surface area contributed by atoms with E-state index in [1.54, 1.807) is 19.1 Å². The summed E-state index contributed by atoms with van der Waals surface area (Å²) in [6.07, 6.45) is 2.77. The van der Waals surface area contributed by atoms with Crippen LogP contribution in [0.3, 0.4) is 0 Å². The maximum absolute atomic E-state index is 12.7. The number of ether oxygens (including phenoxy) is 2. The zero-order valence-electron chi connectivity index (χ0n) is 18.6. The number of methoxy groups -OCH3 is 1. The molecule has 0 unspecified atom stereocenters. The van der Waals surface area contributed by atoms with Gasteiger partial charge in [0.05, 0.1) is 22.5 Å². The second kappa shape index (κ2) is 10.6. The van der Waals surface area contributed by atoms with Gasteiger partial charge in [0.1, 0.15) is 12.4 Å². The van der Waals surface area contributed by atoms with Crippen molar-refractivity contribution in [3.8, 4) is 5.75 Å². The van der Waals surface area contributed by atoms with Crippen molar-refractivity contribution in [2.24, 2.45) is 0 Å². The topological polar surface area (TPSA) is 119 Å². The van der Waals surface area contributed by atoms with Crippen LogP contribution in [0.5, 0.6) is 5.75 Å². The van der Waals surface area contributed by atoms with Crippen LogP contribution in [-0.4, -0.2) is 60.5 Å². The highest BCUT2D eigenvalue weighted by atomic mass is 32.2. The van der Waals surface area contributed by atoms with Crippen LogP contribution in [0.1, 0.15) is 35.2 Å². The number of piperidine rings is 1. The van der Waals surface area contributed by atoms with E-state index in [0.717, 1.165) is 19.3 Å². The number of hydrogen-bond acceptors (Lipinski definition) is 7. The Morgan fingerprint density at radius 3 is 2.30 bits per heavy atom. The van der Waals surface area contributed by atoms with E-state index >= 15 is 0 Å². The molecule has 1 aliphatic rings. The van der Waals surface area contributed by atoms with E-state index in [2.05, 4.69) is 9.46 Å². The summed E-state index contributed by atoms with van der Waals surface area (Å²) in [5, 5.41) is 0. The van der Waals surface area contributed by atoms with Crippen LogP contribution in [0.2, 0.25) is 0 Å². The molecular weight excluding hydrogens is 468 g/mol. The van der Waals surface area contributed by atoms with Crippen LogP contribution in [-0.2, 0) is 24.8 Å². The highest BCUT2D eigenvalue weighted by molar-refractivity contribution is 7.89. The second-order valence-electron chi connectivity index (χ2n) is 7.65. The number of esters is 1. The number of hydrogen-bond donors (Lipinski definition) is 1. The summed E-state index contributed by atoms with van der Waals surface area (Å²) in [7, 11) is -6.16. The largest absolute Gasteiger partial charge is 0.492 e. The quantitative estimate of drug-likeness (QED) is 0.418. The maximum Gasteiger partial charge on any atom is 0.337 e. The second-order valence-corrected chi connectivity index (χ2v) is 11.3. The fraction of sp³-hybridized carbons (Fsp3) is 0.409. The normalized spacial score (nSPS) is 15.2. The zero-order chi connectivity index (χ0) is 24.1. The van der Waals surface area contributed by atoms with Crippen molar-refractivity contribution in [2.75, 3.05) is 33.4 Å². The van der Waals surface area contributed by atoms with Crippen LogP contribution in [0.4, 0.5) is 0 Å². The van der Waals surface area contributed by atoms with E-state index in [0.29, 0.717) is 24.4 Å². The summed E-state index contributed by atoms with van der Waals surface area (Å²) in [5.74, 6) is -0.198. The van der Waals surface area contributed by atoms with E-state index in [1.165, 1.54) is 41.7 Å². The monoisotopic (exact) mass is 496 g/mol. The average Bonchev–Trinajstić information content (AvgIpc) is 2.82. The SMILES string of the molecule is COC(=O)c1ccc(C)c(S(=O)(=O)NCCOc2ccc(S(=O)(=O)N3CCCCC3)cc2)c1. The molecule has 1 heterocycles. The molecule has 0 radical (unpaired) electrons. The van der Waals surface area contributed by atoms with Gasteiger partial charge in [0.2, 0.25) is 20.0 Å². The van der Waals surface area contributed by atoms with Gasteiger partial charge in [0, 0.05) is 19.6 Å². The molecule has 33 heavy (non-hydrogen) atoms. The van der Waals surface area contributed by atoms with Crippen LogP contribution >= 0.6 is 0 Å². The van der Waals surface area contributed by atoms with Gasteiger partial charge in [-0.25, -0.2) is 26.4 Å². The Bertz CT molecular complexity index is 1190. The van der Waals surface area contributed by atoms with Crippen molar-refractivity contribution in [1.82, 2.24) is 9.03 Å². The fourth-order valence-electron chi connectivity index (χ4n) is 3.52. The van der Waals surface area contributed by atoms with Gasteiger partial charge < -0.3 is 9.47 Å². The minimum Gasteiger partial charge on any atom is -0.492 e. The molecule has 0 aliphatic carbocycles. The summed E-state index contributed by atoms with van der Waals surface area (Å²) in [5.41, 5.74) is 0.626. The maximum atomic E-state index is 12.7. The van der Waals surface area contributed by atoms with E-state index in [1.807, 2.05) is 0 Å². The molecule has 2 aromatic carbocycles. The van der Waals surface area contributed by atoms with Crippen molar-refractivity contribution in [1.29, 1.82) is 0 Å². The Balaban J connectivity index is 1.57. The Morgan fingerprint density at radius 1 is 1.00 bits per heavy atom. The highest BCUT2D eigenvalue weighted by Crippen LogP contribution is 2.23. The van der Waals surface area contributed by atoms with Crippen LogP contribution in [0.15, 0.2) is 52.3 Å². The molecule has 1 fully saturated rings. The van der Waals surface area contributed by atoms with Gasteiger partial charge >= 0.3 is 5.97 Å². The molecule has 0 amide bonds. The first-order valence-corrected chi connectivity index (χ1v) is 13.5. The molecule has 180 valence electrons. The minimum absolute atomic E-state index is 0.0158. The summed E-state index contributed by atoms with van der Waals surface area (Å²) >= 11 is 0. The molecule has 1 N–H and O–H groups in total. The van der Waals surface area contributed by atoms with Gasteiger partial charge in [-0.15, -0.1) is 0 Å². The van der Waals surface area contributed by atoms with Crippen LogP contribution in [0, 0.1) is 6.92 Å². The van der Waals surface area contributed by atoms with Gasteiger partial charge in [0.15, 0.2) is 0 Å². The first-order chi connectivity index (χ1) is 15.6. The van der Waals surface area contributed by atoms with Crippen molar-refractivity contribution >= 4 is 26.0 Å². The van der Waals surface area contributed by atoms with E-state index in [9.17, 15) is 21.6 Å². The summed E-state index contributed by atoms with van der Waals surface area (Å²) in [6.45, 7) is 2.71. The van der Waals surface area contributed by atoms with Crippen LogP contribution in [0.25, 0.3) is 0 Å². The van der Waals surface area contributed by atoms with E-state index in [-0.39, 0.29) is 28.5 Å². The highest BCUT2D eigenvalue weighted by Gasteiger charge is 2.25. The number of sulfonamides is 2. The zero-order valence-corrected chi connectivity index (χ0v) is 20.2. The molecule has 9 nitrogen and oxygen atoms in total. The molecule has 0 aromatic heterocycles. The van der Waals surface area contributed by atoms with Crippen molar-refractivity contribution in [3.05, 3.63) is 53.6 Å². The van der Waals surface area contributed by atoms with Crippen LogP contribution < -0.4 is 9.46 Å². The summed E-state index contributed by atoms with van der Waals surface area (Å²) in [4.78, 5) is 11.9. The predicted molar refractivity (Wildman–Crippen MR) is 122 cm³/mol. The number of carbonyl (C=O) groups excluding carboxylic acids is 1. The summed E-state index contributed by atoms with van der Waals surface area (Å²) < 4.78 is 64.8. The predicted octanol–water partition coefficient (Wildman–Crippen LogP) is 2.31. The molecular formula is C22H28N2O7S2. The Morgan fingerprint density at radius 2 is 1.67 bits per heavy atom. The Hall–Kier alpha value is -2.47. The van der Waals surface area contributed by atoms with Crippen molar-refractivity contribution in [2.45, 2.75) is 36.0 Å². The number of benzene rings is 2. The third-order valence-corrected chi connectivity index (χ3v) is 8.85. The first kappa shape index (κ1) is 25.2. The molecule has 1 saturated heterocycles. The molecule has 0 saturated carbocycles. The first-order valence-electron chi connectivity index (χ1n) is 10.6. The smallest absolute Gasteiger partial charge is 0.337 e. The average molecular weight is 497 g/mol. The lowest BCUT2D eigenvalue weighted by atomic mass is 10.1. The summed E-state index contributed by atoms with van der Waals surface area (Å²) in [6, 6.07) is 10.4. The molecule has 1 aliphatic heterocycles. The molecule has 0 atom stereocenters. The standard InChI is InChI=1S/C22H28N2O7S2/c1-17-6-7-18(22(25)30-2)16-21(17)32(26,27)23-12-15-31-19-8-10-20(11-9-19)33(28,29)24-13-4-3-5-14-24/h6-11,16,23H,3-5,12-15H2,1-2H3. The van der Waals surface area contributed by atoms with Crippen molar-refractivity contribution < 1.29 is 31.1 Å². The van der Waals surface area contributed by atoms with Gasteiger partial charge in [-0.2, -0.15) is 4.31 Å². The molecule has 0 spiro atoms. The lowest BCUT2D eigenvalue weighted by Crippen LogP contribution is -2.35. The Kier molecular flexibility index (Phi) is 8.11. The third-order valence-electron chi connectivity index (χ3n) is 5.34. The molecule has 3 rings (SSSR count).